The Bertz CT molecular complexity index is 4610. The average molecular weight is 974 g/mol. The van der Waals surface area contributed by atoms with Crippen LogP contribution < -0.4 is 0 Å². The first-order chi connectivity index (χ1) is 37.1. The number of nitrogens with zero attached hydrogens (tertiary/aromatic N) is 5. The van der Waals surface area contributed by atoms with E-state index in [-0.39, 0.29) is 0 Å². The molecule has 0 atom stereocenters. The van der Waals surface area contributed by atoms with Gasteiger partial charge < -0.3 is 9.13 Å². The third-order valence-corrected chi connectivity index (χ3v) is 15.9. The molecule has 0 aliphatic heterocycles. The molecule has 0 saturated heterocycles. The van der Waals surface area contributed by atoms with Gasteiger partial charge in [0.15, 0.2) is 17.5 Å². The maximum Gasteiger partial charge on any atom is 0.164 e. The van der Waals surface area contributed by atoms with Gasteiger partial charge in [-0.3, -0.25) is 0 Å². The molecule has 0 spiro atoms. The molecule has 0 bridgehead atoms. The molecule has 15 rings (SSSR count). The van der Waals surface area contributed by atoms with Gasteiger partial charge in [0.25, 0.3) is 0 Å². The molecule has 0 aliphatic carbocycles. The molecule has 350 valence electrons. The predicted molar refractivity (Wildman–Crippen MR) is 314 cm³/mol. The number of benzene rings is 11. The summed E-state index contributed by atoms with van der Waals surface area (Å²) in [6, 6.07) is 93.7. The van der Waals surface area contributed by atoms with E-state index in [4.69, 9.17) is 15.0 Å². The van der Waals surface area contributed by atoms with Crippen LogP contribution in [0, 0.1) is 0 Å². The fourth-order valence-corrected chi connectivity index (χ4v) is 12.2. The van der Waals surface area contributed by atoms with Gasteiger partial charge in [0.05, 0.1) is 22.1 Å². The van der Waals surface area contributed by atoms with Crippen LogP contribution in [0.3, 0.4) is 0 Å². The van der Waals surface area contributed by atoms with Crippen molar-refractivity contribution in [2.24, 2.45) is 0 Å². The van der Waals surface area contributed by atoms with Crippen LogP contribution in [0.5, 0.6) is 0 Å². The number of thiophene rings is 1. The highest BCUT2D eigenvalue weighted by Gasteiger charge is 2.18. The molecule has 0 N–H and O–H groups in total. The van der Waals surface area contributed by atoms with E-state index in [2.05, 4.69) is 209 Å². The zero-order valence-corrected chi connectivity index (χ0v) is 41.3. The van der Waals surface area contributed by atoms with Gasteiger partial charge in [0.1, 0.15) is 0 Å². The molecule has 0 fully saturated rings. The van der Waals surface area contributed by atoms with Crippen molar-refractivity contribution in [1.29, 1.82) is 0 Å². The Balaban J connectivity index is 0.747. The monoisotopic (exact) mass is 973 g/mol. The van der Waals surface area contributed by atoms with Crippen LogP contribution in [0.4, 0.5) is 0 Å². The van der Waals surface area contributed by atoms with Gasteiger partial charge in [-0.2, -0.15) is 0 Å². The van der Waals surface area contributed by atoms with Crippen molar-refractivity contribution >= 4 is 75.1 Å². The zero-order chi connectivity index (χ0) is 49.4. The Morgan fingerprint density at radius 2 is 0.547 bits per heavy atom. The van der Waals surface area contributed by atoms with Gasteiger partial charge in [0, 0.05) is 69.8 Å². The van der Waals surface area contributed by atoms with Crippen molar-refractivity contribution in [3.63, 3.8) is 0 Å². The van der Waals surface area contributed by atoms with Crippen LogP contribution in [0.15, 0.2) is 261 Å². The number of fused-ring (bicyclic) bond motifs is 9. The zero-order valence-electron chi connectivity index (χ0n) is 40.5. The normalized spacial score (nSPS) is 11.7. The third kappa shape index (κ3) is 7.33. The highest BCUT2D eigenvalue weighted by molar-refractivity contribution is 7.25. The van der Waals surface area contributed by atoms with Gasteiger partial charge in [0.2, 0.25) is 0 Å². The van der Waals surface area contributed by atoms with E-state index in [1.165, 1.54) is 91.7 Å². The molecular weight excluding hydrogens is 931 g/mol. The fourth-order valence-electron chi connectivity index (χ4n) is 11.1. The summed E-state index contributed by atoms with van der Waals surface area (Å²) in [6.07, 6.45) is 0. The van der Waals surface area contributed by atoms with Crippen LogP contribution in [0.1, 0.15) is 0 Å². The summed E-state index contributed by atoms with van der Waals surface area (Å²) in [5, 5.41) is 7.55. The Morgan fingerprint density at radius 3 is 1.01 bits per heavy atom. The summed E-state index contributed by atoms with van der Waals surface area (Å²) in [7, 11) is 0. The Labute approximate surface area is 436 Å². The smallest absolute Gasteiger partial charge is 0.164 e. The number of hydrogen-bond acceptors (Lipinski definition) is 4. The highest BCUT2D eigenvalue weighted by atomic mass is 32.1. The van der Waals surface area contributed by atoms with Crippen molar-refractivity contribution < 1.29 is 0 Å². The first-order valence-electron chi connectivity index (χ1n) is 25.3. The topological polar surface area (TPSA) is 48.5 Å². The van der Waals surface area contributed by atoms with Gasteiger partial charge in [-0.15, -0.1) is 11.3 Å². The van der Waals surface area contributed by atoms with E-state index in [1.54, 1.807) is 0 Å². The quantitative estimate of drug-likeness (QED) is 0.152. The van der Waals surface area contributed by atoms with E-state index >= 15 is 0 Å². The van der Waals surface area contributed by atoms with Crippen LogP contribution in [-0.4, -0.2) is 24.1 Å². The lowest BCUT2D eigenvalue weighted by atomic mass is 9.98. The van der Waals surface area contributed by atoms with Crippen LogP contribution in [-0.2, 0) is 0 Å². The second-order valence-corrected chi connectivity index (χ2v) is 20.3. The molecule has 4 heterocycles. The number of rotatable bonds is 8. The number of aromatic nitrogens is 5. The molecule has 75 heavy (non-hydrogen) atoms. The van der Waals surface area contributed by atoms with E-state index in [0.29, 0.717) is 17.5 Å². The largest absolute Gasteiger partial charge is 0.309 e. The number of para-hydroxylation sites is 3. The molecule has 11 aromatic carbocycles. The van der Waals surface area contributed by atoms with Crippen LogP contribution >= 0.6 is 11.3 Å². The minimum Gasteiger partial charge on any atom is -0.309 e. The van der Waals surface area contributed by atoms with Crippen LogP contribution in [0.25, 0.3) is 143 Å². The maximum atomic E-state index is 4.94. The summed E-state index contributed by atoms with van der Waals surface area (Å²) in [5.41, 5.74) is 17.0. The molecule has 15 aromatic rings. The van der Waals surface area contributed by atoms with Gasteiger partial charge in [-0.05, 0) is 118 Å². The van der Waals surface area contributed by atoms with Crippen molar-refractivity contribution in [2.45, 2.75) is 0 Å². The molecule has 0 amide bonds. The summed E-state index contributed by atoms with van der Waals surface area (Å²) >= 11 is 1.86. The van der Waals surface area contributed by atoms with E-state index in [1.807, 2.05) is 72.0 Å². The van der Waals surface area contributed by atoms with Crippen molar-refractivity contribution in [3.05, 3.63) is 261 Å². The first kappa shape index (κ1) is 42.9. The Kier molecular flexibility index (Phi) is 10.00. The van der Waals surface area contributed by atoms with Gasteiger partial charge in [-0.25, -0.2) is 15.0 Å². The molecule has 4 aromatic heterocycles. The minimum absolute atomic E-state index is 0.642. The first-order valence-corrected chi connectivity index (χ1v) is 26.1. The molecule has 6 heteroatoms. The third-order valence-electron chi connectivity index (χ3n) is 14.8. The standard InChI is InChI=1S/C69H43N5S/c1-4-14-46(15-5-1)67-70-68(47-16-6-2-7-17-47)72-69(71-67)48-26-24-44(25-27-48)45-28-34-54(35-29-45)74-62-23-13-11-21-56(62)58-41-50(31-37-64(58)74)52-33-39-66-60(43-52)59-42-51(32-38-65(59)75-66)49-30-36-63-57(40-49)55-20-10-12-22-61(55)73(63)53-18-8-3-9-19-53/h1-43H. The van der Waals surface area contributed by atoms with E-state index in [9.17, 15) is 0 Å². The lowest BCUT2D eigenvalue weighted by molar-refractivity contribution is 1.07. The molecule has 0 unspecified atom stereocenters. The lowest BCUT2D eigenvalue weighted by Gasteiger charge is -2.11. The fraction of sp³-hybridized carbons (Fsp3) is 0. The second-order valence-electron chi connectivity index (χ2n) is 19.2. The Morgan fingerprint density at radius 1 is 0.227 bits per heavy atom. The maximum absolute atomic E-state index is 4.94. The number of hydrogen-bond donors (Lipinski definition) is 0. The molecule has 0 radical (unpaired) electrons. The summed E-state index contributed by atoms with van der Waals surface area (Å²) in [4.78, 5) is 14.8. The van der Waals surface area contributed by atoms with Gasteiger partial charge >= 0.3 is 0 Å². The van der Waals surface area contributed by atoms with Crippen molar-refractivity contribution in [2.75, 3.05) is 0 Å². The summed E-state index contributed by atoms with van der Waals surface area (Å²) < 4.78 is 7.36. The SMILES string of the molecule is c1ccc(-c2nc(-c3ccccc3)nc(-c3ccc(-c4ccc(-n5c6ccccc6c6cc(-c7ccc8sc9ccc(-c%10ccc%11c(c%10)c%10ccccc%10n%11-c%10ccccc%10)cc9c8c7)ccc65)cc4)cc3)n2)cc1. The van der Waals surface area contributed by atoms with Crippen molar-refractivity contribution in [3.8, 4) is 78.9 Å². The molecular formula is C69H43N5S. The highest BCUT2D eigenvalue weighted by Crippen LogP contribution is 2.42. The average Bonchev–Trinajstić information content (AvgIpc) is 4.17. The molecule has 0 aliphatic rings. The predicted octanol–water partition coefficient (Wildman–Crippen LogP) is 18.4. The van der Waals surface area contributed by atoms with Gasteiger partial charge in [-0.1, -0.05) is 176 Å². The molecule has 5 nitrogen and oxygen atoms in total. The van der Waals surface area contributed by atoms with E-state index in [0.717, 1.165) is 33.5 Å². The Hall–Kier alpha value is -9.75. The molecule has 0 saturated carbocycles. The second kappa shape index (κ2) is 17.5. The minimum atomic E-state index is 0.642. The van der Waals surface area contributed by atoms with E-state index < -0.39 is 0 Å². The summed E-state index contributed by atoms with van der Waals surface area (Å²) in [6.45, 7) is 0. The summed E-state index contributed by atoms with van der Waals surface area (Å²) in [5.74, 6) is 1.94. The van der Waals surface area contributed by atoms with Crippen molar-refractivity contribution in [1.82, 2.24) is 24.1 Å². The lowest BCUT2D eigenvalue weighted by Crippen LogP contribution is -2.00. The van der Waals surface area contributed by atoms with Crippen LogP contribution in [0.2, 0.25) is 0 Å².